The van der Waals surface area contributed by atoms with Crippen molar-refractivity contribution < 1.29 is 9.59 Å². The van der Waals surface area contributed by atoms with E-state index in [9.17, 15) is 9.59 Å². The number of nitrogens with one attached hydrogen (secondary N) is 3. The van der Waals surface area contributed by atoms with Crippen LogP contribution in [0.15, 0.2) is 24.3 Å². The Hall–Kier alpha value is -2.24. The van der Waals surface area contributed by atoms with Crippen LogP contribution in [-0.4, -0.2) is 43.0 Å². The molecule has 2 fully saturated rings. The van der Waals surface area contributed by atoms with Gasteiger partial charge in [0.1, 0.15) is 0 Å². The van der Waals surface area contributed by atoms with Gasteiger partial charge in [-0.2, -0.15) is 0 Å². The molecule has 1 aliphatic heterocycles. The van der Waals surface area contributed by atoms with Crippen molar-refractivity contribution in [1.29, 1.82) is 0 Å². The van der Waals surface area contributed by atoms with E-state index in [-0.39, 0.29) is 24.0 Å². The lowest BCUT2D eigenvalue weighted by Crippen LogP contribution is -2.49. The first kappa shape index (κ1) is 19.5. The third-order valence-corrected chi connectivity index (χ3v) is 6.00. The fourth-order valence-electron chi connectivity index (χ4n) is 4.44. The second-order valence-corrected chi connectivity index (χ2v) is 7.76. The molecule has 2 aliphatic rings. The zero-order valence-electron chi connectivity index (χ0n) is 16.5. The highest BCUT2D eigenvalue weighted by molar-refractivity contribution is 5.76. The Bertz CT molecular complexity index is 649. The number of benzene rings is 1. The van der Waals surface area contributed by atoms with Crippen LogP contribution in [0.5, 0.6) is 0 Å². The van der Waals surface area contributed by atoms with Gasteiger partial charge in [0.25, 0.3) is 0 Å². The molecule has 1 aliphatic carbocycles. The van der Waals surface area contributed by atoms with Crippen molar-refractivity contribution in [3.63, 3.8) is 0 Å². The van der Waals surface area contributed by atoms with Crippen molar-refractivity contribution in [2.24, 2.45) is 5.92 Å². The van der Waals surface area contributed by atoms with Gasteiger partial charge in [-0.3, -0.25) is 4.79 Å². The molecule has 3 rings (SSSR count). The van der Waals surface area contributed by atoms with E-state index in [0.29, 0.717) is 5.92 Å². The highest BCUT2D eigenvalue weighted by Crippen LogP contribution is 2.38. The summed E-state index contributed by atoms with van der Waals surface area (Å²) in [6.45, 7) is 3.04. The average molecular weight is 373 g/mol. The molecule has 6 heteroatoms. The van der Waals surface area contributed by atoms with Crippen molar-refractivity contribution in [3.05, 3.63) is 29.8 Å². The molecule has 1 heterocycles. The number of para-hydroxylation sites is 1. The van der Waals surface area contributed by atoms with Crippen LogP contribution in [-0.2, 0) is 4.79 Å². The first-order chi connectivity index (χ1) is 13.1. The van der Waals surface area contributed by atoms with Gasteiger partial charge in [0.2, 0.25) is 5.91 Å². The quantitative estimate of drug-likeness (QED) is 0.743. The Morgan fingerprint density at radius 1 is 1.07 bits per heavy atom. The number of amides is 3. The first-order valence-corrected chi connectivity index (χ1v) is 10.2. The van der Waals surface area contributed by atoms with E-state index in [0.717, 1.165) is 50.0 Å². The number of nitrogens with zero attached hydrogens (tertiary/aromatic N) is 1. The number of carbonyl (C=O) groups is 2. The number of urea groups is 1. The first-order valence-electron chi connectivity index (χ1n) is 10.2. The fraction of sp³-hybridized carbons (Fsp3) is 0.619. The summed E-state index contributed by atoms with van der Waals surface area (Å²) in [6, 6.07) is 8.28. The molecule has 1 aromatic carbocycles. The molecule has 1 unspecified atom stereocenters. The molecule has 148 valence electrons. The van der Waals surface area contributed by atoms with E-state index in [2.05, 4.69) is 28.1 Å². The van der Waals surface area contributed by atoms with Gasteiger partial charge in [-0.25, -0.2) is 4.79 Å². The smallest absolute Gasteiger partial charge is 0.315 e. The zero-order chi connectivity index (χ0) is 19.2. The fourth-order valence-corrected chi connectivity index (χ4v) is 4.44. The maximum atomic E-state index is 12.7. The van der Waals surface area contributed by atoms with Gasteiger partial charge >= 0.3 is 6.03 Å². The van der Waals surface area contributed by atoms with Gasteiger partial charge < -0.3 is 20.9 Å². The summed E-state index contributed by atoms with van der Waals surface area (Å²) in [5, 5.41) is 9.65. The number of anilines is 1. The molecule has 3 N–H and O–H groups in total. The number of hydrogen-bond acceptors (Lipinski definition) is 3. The van der Waals surface area contributed by atoms with Crippen molar-refractivity contribution in [1.82, 2.24) is 15.5 Å². The minimum absolute atomic E-state index is 0.0217. The summed E-state index contributed by atoms with van der Waals surface area (Å²) in [5.74, 6) is 0.590. The zero-order valence-corrected chi connectivity index (χ0v) is 16.5. The Morgan fingerprint density at radius 3 is 2.37 bits per heavy atom. The Kier molecular flexibility index (Phi) is 6.58. The van der Waals surface area contributed by atoms with Gasteiger partial charge in [-0.15, -0.1) is 0 Å². The molecule has 1 saturated heterocycles. The van der Waals surface area contributed by atoms with Crippen LogP contribution >= 0.6 is 0 Å². The molecule has 0 bridgehead atoms. The molecule has 1 atom stereocenters. The van der Waals surface area contributed by atoms with Crippen LogP contribution in [0.1, 0.15) is 57.1 Å². The van der Waals surface area contributed by atoms with Gasteiger partial charge in [-0.1, -0.05) is 31.0 Å². The van der Waals surface area contributed by atoms with E-state index in [1.807, 2.05) is 24.1 Å². The number of hydrogen-bond donors (Lipinski definition) is 3. The second-order valence-electron chi connectivity index (χ2n) is 7.76. The predicted molar refractivity (Wildman–Crippen MR) is 108 cm³/mol. The molecule has 3 amide bonds. The minimum Gasteiger partial charge on any atom is -0.388 e. The Balaban J connectivity index is 1.64. The number of rotatable bonds is 5. The molecule has 0 spiro atoms. The molecule has 0 aromatic heterocycles. The second kappa shape index (κ2) is 9.11. The third-order valence-electron chi connectivity index (χ3n) is 6.00. The normalized spacial score (nSPS) is 19.6. The third kappa shape index (κ3) is 4.93. The highest BCUT2D eigenvalue weighted by Gasteiger charge is 2.30. The lowest BCUT2D eigenvalue weighted by atomic mass is 9.90. The van der Waals surface area contributed by atoms with Crippen molar-refractivity contribution >= 4 is 17.6 Å². The summed E-state index contributed by atoms with van der Waals surface area (Å²) < 4.78 is 0. The summed E-state index contributed by atoms with van der Waals surface area (Å²) in [5.41, 5.74) is 2.23. The predicted octanol–water partition coefficient (Wildman–Crippen LogP) is 3.27. The lowest BCUT2D eigenvalue weighted by molar-refractivity contribution is -0.129. The number of piperidine rings is 1. The minimum atomic E-state index is -0.0981. The van der Waals surface area contributed by atoms with Crippen LogP contribution in [0.2, 0.25) is 0 Å². The van der Waals surface area contributed by atoms with E-state index >= 15 is 0 Å². The van der Waals surface area contributed by atoms with Gasteiger partial charge in [0.05, 0.1) is 6.04 Å². The molecule has 1 aromatic rings. The van der Waals surface area contributed by atoms with Crippen molar-refractivity contribution in [3.8, 4) is 0 Å². The largest absolute Gasteiger partial charge is 0.388 e. The summed E-state index contributed by atoms with van der Waals surface area (Å²) in [7, 11) is 1.92. The Labute approximate surface area is 162 Å². The maximum Gasteiger partial charge on any atom is 0.315 e. The molecule has 0 radical (unpaired) electrons. The molecular weight excluding hydrogens is 340 g/mol. The lowest BCUT2D eigenvalue weighted by Gasteiger charge is -2.33. The van der Waals surface area contributed by atoms with E-state index in [1.54, 1.807) is 6.92 Å². The van der Waals surface area contributed by atoms with Crippen LogP contribution in [0.3, 0.4) is 0 Å². The van der Waals surface area contributed by atoms with Crippen molar-refractivity contribution in [2.75, 3.05) is 25.5 Å². The van der Waals surface area contributed by atoms with Gasteiger partial charge in [-0.05, 0) is 43.2 Å². The van der Waals surface area contributed by atoms with E-state index < -0.39 is 0 Å². The molecule has 6 nitrogen and oxygen atoms in total. The standard InChI is InChI=1S/C21H32N4O2/c1-15(26)25-13-11-17(12-14-25)23-21(27)24-20(16-7-3-4-8-16)18-9-5-6-10-19(18)22-2/h5-6,9-10,16-17,20,22H,3-4,7-8,11-14H2,1-2H3,(H2,23,24,27). The average Bonchev–Trinajstić information content (AvgIpc) is 3.21. The van der Waals surface area contributed by atoms with Gasteiger partial charge in [0.15, 0.2) is 0 Å². The van der Waals surface area contributed by atoms with Crippen LogP contribution < -0.4 is 16.0 Å². The van der Waals surface area contributed by atoms with Gasteiger partial charge in [0, 0.05) is 38.8 Å². The monoisotopic (exact) mass is 372 g/mol. The van der Waals surface area contributed by atoms with Crippen LogP contribution in [0.4, 0.5) is 10.5 Å². The van der Waals surface area contributed by atoms with Crippen LogP contribution in [0, 0.1) is 5.92 Å². The Morgan fingerprint density at radius 2 is 1.74 bits per heavy atom. The number of likely N-dealkylation sites (tertiary alicyclic amines) is 1. The van der Waals surface area contributed by atoms with Crippen LogP contribution in [0.25, 0.3) is 0 Å². The molecule has 27 heavy (non-hydrogen) atoms. The molecular formula is C21H32N4O2. The summed E-state index contributed by atoms with van der Waals surface area (Å²) >= 11 is 0. The van der Waals surface area contributed by atoms with E-state index in [4.69, 9.17) is 0 Å². The molecule has 1 saturated carbocycles. The number of carbonyl (C=O) groups excluding carboxylic acids is 2. The topological polar surface area (TPSA) is 73.5 Å². The summed E-state index contributed by atoms with van der Waals surface area (Å²) in [4.78, 5) is 26.0. The highest BCUT2D eigenvalue weighted by atomic mass is 16.2. The van der Waals surface area contributed by atoms with Crippen molar-refractivity contribution in [2.45, 2.75) is 57.5 Å². The van der Waals surface area contributed by atoms with E-state index in [1.165, 1.54) is 12.8 Å². The summed E-state index contributed by atoms with van der Waals surface area (Å²) in [6.07, 6.45) is 6.40. The SMILES string of the molecule is CNc1ccccc1C(NC(=O)NC1CCN(C(C)=O)CC1)C1CCCC1. The maximum absolute atomic E-state index is 12.7.